The number of ether oxygens (including phenoxy) is 1. The summed E-state index contributed by atoms with van der Waals surface area (Å²) < 4.78 is 30.9. The lowest BCUT2D eigenvalue weighted by atomic mass is 10.0. The van der Waals surface area contributed by atoms with Gasteiger partial charge in [0.25, 0.3) is 0 Å². The van der Waals surface area contributed by atoms with Crippen molar-refractivity contribution in [1.82, 2.24) is 15.0 Å². The minimum Gasteiger partial charge on any atom is -0.496 e. The van der Waals surface area contributed by atoms with E-state index in [-0.39, 0.29) is 23.5 Å². The van der Waals surface area contributed by atoms with Gasteiger partial charge in [-0.1, -0.05) is 22.9 Å². The maximum absolute atomic E-state index is 11.8. The Morgan fingerprint density at radius 2 is 2.17 bits per heavy atom. The lowest BCUT2D eigenvalue weighted by Gasteiger charge is -2.19. The van der Waals surface area contributed by atoms with Gasteiger partial charge in [-0.05, 0) is 32.8 Å². The van der Waals surface area contributed by atoms with Gasteiger partial charge in [0, 0.05) is 17.7 Å². The van der Waals surface area contributed by atoms with Gasteiger partial charge in [0.1, 0.15) is 5.75 Å². The van der Waals surface area contributed by atoms with Crippen LogP contribution in [0.4, 0.5) is 0 Å². The predicted molar refractivity (Wildman–Crippen MR) is 92.2 cm³/mol. The normalized spacial score (nSPS) is 21.4. The molecule has 0 aliphatic carbocycles. The van der Waals surface area contributed by atoms with E-state index in [1.807, 2.05) is 32.2 Å². The molecule has 1 unspecified atom stereocenters. The van der Waals surface area contributed by atoms with Gasteiger partial charge in [0.2, 0.25) is 0 Å². The van der Waals surface area contributed by atoms with Crippen LogP contribution in [0.15, 0.2) is 24.4 Å². The number of nitrogens with zero attached hydrogens (tertiary/aromatic N) is 3. The molecule has 24 heavy (non-hydrogen) atoms. The number of aromatic nitrogens is 3. The molecule has 1 aromatic carbocycles. The molecule has 1 aromatic heterocycles. The highest BCUT2D eigenvalue weighted by atomic mass is 32.2. The quantitative estimate of drug-likeness (QED) is 0.848. The van der Waals surface area contributed by atoms with Gasteiger partial charge in [0.15, 0.2) is 9.84 Å². The van der Waals surface area contributed by atoms with Crippen LogP contribution in [0.3, 0.4) is 0 Å². The van der Waals surface area contributed by atoms with E-state index in [0.717, 1.165) is 29.0 Å². The van der Waals surface area contributed by atoms with Crippen LogP contribution in [-0.4, -0.2) is 42.0 Å². The Bertz CT molecular complexity index is 829. The molecule has 0 N–H and O–H groups in total. The number of benzene rings is 1. The average Bonchev–Trinajstić information content (AvgIpc) is 3.03. The second kappa shape index (κ2) is 6.55. The molecule has 0 spiro atoms. The maximum atomic E-state index is 11.8. The van der Waals surface area contributed by atoms with Crippen LogP contribution >= 0.6 is 0 Å². The summed E-state index contributed by atoms with van der Waals surface area (Å²) >= 11 is 0. The first-order valence-corrected chi connectivity index (χ1v) is 9.98. The fourth-order valence-corrected chi connectivity index (χ4v) is 4.97. The van der Waals surface area contributed by atoms with Gasteiger partial charge in [-0.3, -0.25) is 0 Å². The Balaban J connectivity index is 1.86. The number of hydrogen-bond acceptors (Lipinski definition) is 5. The fraction of sp³-hybridized carbons (Fsp3) is 0.529. The van der Waals surface area contributed by atoms with Gasteiger partial charge >= 0.3 is 0 Å². The third-order valence-corrected chi connectivity index (χ3v) is 6.46. The van der Waals surface area contributed by atoms with Crippen LogP contribution in [0.5, 0.6) is 5.75 Å². The highest BCUT2D eigenvalue weighted by Gasteiger charge is 2.28. The lowest BCUT2D eigenvalue weighted by Crippen LogP contribution is -2.23. The van der Waals surface area contributed by atoms with Gasteiger partial charge in [0.05, 0.1) is 30.4 Å². The Morgan fingerprint density at radius 3 is 2.88 bits per heavy atom. The zero-order valence-electron chi connectivity index (χ0n) is 14.3. The summed E-state index contributed by atoms with van der Waals surface area (Å²) in [5.74, 6) is 1.22. The largest absolute Gasteiger partial charge is 0.496 e. The first-order chi connectivity index (χ1) is 11.4. The molecule has 130 valence electrons. The molecule has 7 heteroatoms. The van der Waals surface area contributed by atoms with E-state index < -0.39 is 9.84 Å². The molecule has 1 aliphatic rings. The van der Waals surface area contributed by atoms with E-state index in [4.69, 9.17) is 4.74 Å². The predicted octanol–water partition coefficient (Wildman–Crippen LogP) is 2.50. The first-order valence-electron chi connectivity index (χ1n) is 8.16. The molecular formula is C17H23N3O3S. The first kappa shape index (κ1) is 17.0. The number of aryl methyl sites for hydroxylation is 1. The summed E-state index contributed by atoms with van der Waals surface area (Å²) in [4.78, 5) is 0. The molecule has 2 aromatic rings. The molecule has 0 saturated carbocycles. The summed E-state index contributed by atoms with van der Waals surface area (Å²) in [6.45, 7) is 4.07. The Kier molecular flexibility index (Phi) is 4.62. The summed E-state index contributed by atoms with van der Waals surface area (Å²) in [7, 11) is -1.30. The van der Waals surface area contributed by atoms with Crippen LogP contribution in [0, 0.1) is 6.92 Å². The molecule has 2 heterocycles. The topological polar surface area (TPSA) is 74.1 Å². The highest BCUT2D eigenvalue weighted by molar-refractivity contribution is 7.91. The van der Waals surface area contributed by atoms with Crippen molar-refractivity contribution in [3.8, 4) is 5.75 Å². The lowest BCUT2D eigenvalue weighted by molar-refractivity contribution is 0.399. The van der Waals surface area contributed by atoms with Crippen LogP contribution in [0.2, 0.25) is 0 Å². The number of hydrogen-bond donors (Lipinski definition) is 0. The number of sulfone groups is 1. The Hall–Kier alpha value is -1.89. The van der Waals surface area contributed by atoms with E-state index in [2.05, 4.69) is 16.4 Å². The third kappa shape index (κ3) is 3.45. The monoisotopic (exact) mass is 349 g/mol. The van der Waals surface area contributed by atoms with Crippen molar-refractivity contribution in [3.05, 3.63) is 41.2 Å². The van der Waals surface area contributed by atoms with Crippen molar-refractivity contribution >= 4 is 9.84 Å². The molecule has 1 aliphatic heterocycles. The molecule has 1 fully saturated rings. The summed E-state index contributed by atoms with van der Waals surface area (Å²) in [5.41, 5.74) is 2.94. The minimum atomic E-state index is -2.96. The van der Waals surface area contributed by atoms with Crippen LogP contribution in [0.25, 0.3) is 0 Å². The zero-order chi connectivity index (χ0) is 17.3. The van der Waals surface area contributed by atoms with Crippen molar-refractivity contribution in [1.29, 1.82) is 0 Å². The Morgan fingerprint density at radius 1 is 1.38 bits per heavy atom. The molecule has 0 amide bonds. The highest BCUT2D eigenvalue weighted by Crippen LogP contribution is 2.30. The van der Waals surface area contributed by atoms with Crippen LogP contribution in [0.1, 0.15) is 48.5 Å². The van der Waals surface area contributed by atoms with Crippen LogP contribution < -0.4 is 4.74 Å². The Labute approximate surface area is 142 Å². The maximum Gasteiger partial charge on any atom is 0.150 e. The molecule has 3 rings (SSSR count). The summed E-state index contributed by atoms with van der Waals surface area (Å²) in [6.07, 6.45) is 3.42. The van der Waals surface area contributed by atoms with E-state index in [0.29, 0.717) is 6.42 Å². The fourth-order valence-electron chi connectivity index (χ4n) is 3.25. The molecule has 1 saturated heterocycles. The van der Waals surface area contributed by atoms with Gasteiger partial charge in [-0.2, -0.15) is 0 Å². The van der Waals surface area contributed by atoms with Gasteiger partial charge in [-0.15, -0.1) is 5.10 Å². The average molecular weight is 349 g/mol. The van der Waals surface area contributed by atoms with Crippen LogP contribution in [-0.2, 0) is 9.84 Å². The second-order valence-electron chi connectivity index (χ2n) is 6.50. The van der Waals surface area contributed by atoms with Crippen molar-refractivity contribution < 1.29 is 13.2 Å². The van der Waals surface area contributed by atoms with Gasteiger partial charge < -0.3 is 4.74 Å². The number of rotatable bonds is 4. The SMILES string of the molecule is COc1ccc(C)cc1[C@H](C)n1cc(C2CCCS(=O)(=O)C2)nn1. The van der Waals surface area contributed by atoms with Crippen molar-refractivity contribution in [3.63, 3.8) is 0 Å². The van der Waals surface area contributed by atoms with E-state index >= 15 is 0 Å². The minimum absolute atomic E-state index is 0.0405. The molecule has 2 atom stereocenters. The van der Waals surface area contributed by atoms with Crippen molar-refractivity contribution in [2.24, 2.45) is 0 Å². The van der Waals surface area contributed by atoms with Crippen molar-refractivity contribution in [2.45, 2.75) is 38.6 Å². The summed E-state index contributed by atoms with van der Waals surface area (Å²) in [5, 5.41) is 8.47. The molecule has 0 bridgehead atoms. The standard InChI is InChI=1S/C17H23N3O3S/c1-12-6-7-17(23-3)15(9-12)13(2)20-10-16(18-19-20)14-5-4-8-24(21,22)11-14/h6-7,9-10,13-14H,4-5,8,11H2,1-3H3/t13-,14?/m0/s1. The zero-order valence-corrected chi connectivity index (χ0v) is 15.1. The van der Waals surface area contributed by atoms with E-state index in [9.17, 15) is 8.42 Å². The van der Waals surface area contributed by atoms with E-state index in [1.165, 1.54) is 0 Å². The summed E-state index contributed by atoms with van der Waals surface area (Å²) in [6, 6.07) is 6.00. The molecule has 0 radical (unpaired) electrons. The van der Waals surface area contributed by atoms with Crippen molar-refractivity contribution in [2.75, 3.05) is 18.6 Å². The van der Waals surface area contributed by atoms with Gasteiger partial charge in [-0.25, -0.2) is 13.1 Å². The smallest absolute Gasteiger partial charge is 0.150 e. The second-order valence-corrected chi connectivity index (χ2v) is 8.73. The third-order valence-electron chi connectivity index (χ3n) is 4.64. The molecule has 6 nitrogen and oxygen atoms in total. The van der Waals surface area contributed by atoms with E-state index in [1.54, 1.807) is 11.8 Å². The molecular weight excluding hydrogens is 326 g/mol. The number of methoxy groups -OCH3 is 1.